The summed E-state index contributed by atoms with van der Waals surface area (Å²) >= 11 is 0. The number of aliphatic hydroxyl groups is 1. The third-order valence-corrected chi connectivity index (χ3v) is 2.87. The Labute approximate surface area is 75.6 Å². The highest BCUT2D eigenvalue weighted by molar-refractivity contribution is 4.82. The average molecular weight is 171 g/mol. The molecule has 0 saturated carbocycles. The van der Waals surface area contributed by atoms with Crippen LogP contribution in [0.2, 0.25) is 0 Å². The SMILES string of the molecule is CCCC[C@@H](O)[C@@H]1CCCN1C. The van der Waals surface area contributed by atoms with Crippen LogP contribution in [-0.4, -0.2) is 35.7 Å². The number of hydrogen-bond donors (Lipinski definition) is 1. The van der Waals surface area contributed by atoms with Gasteiger partial charge in [-0.05, 0) is 32.9 Å². The van der Waals surface area contributed by atoms with Crippen LogP contribution in [0.15, 0.2) is 0 Å². The van der Waals surface area contributed by atoms with Crippen molar-refractivity contribution in [3.8, 4) is 0 Å². The maximum absolute atomic E-state index is 9.81. The van der Waals surface area contributed by atoms with Crippen molar-refractivity contribution in [1.29, 1.82) is 0 Å². The Kier molecular flexibility index (Phi) is 4.02. The van der Waals surface area contributed by atoms with Crippen LogP contribution in [0.4, 0.5) is 0 Å². The summed E-state index contributed by atoms with van der Waals surface area (Å²) in [5, 5.41) is 9.81. The topological polar surface area (TPSA) is 23.5 Å². The molecule has 0 aromatic carbocycles. The maximum atomic E-state index is 9.81. The Morgan fingerprint density at radius 3 is 2.83 bits per heavy atom. The maximum Gasteiger partial charge on any atom is 0.0695 e. The predicted octanol–water partition coefficient (Wildman–Crippen LogP) is 1.63. The van der Waals surface area contributed by atoms with Crippen LogP contribution in [0, 0.1) is 0 Å². The van der Waals surface area contributed by atoms with Crippen molar-refractivity contribution in [2.75, 3.05) is 13.6 Å². The number of nitrogens with zero attached hydrogens (tertiary/aromatic N) is 1. The molecular formula is C10H21NO. The van der Waals surface area contributed by atoms with Crippen LogP contribution in [0.5, 0.6) is 0 Å². The third kappa shape index (κ3) is 2.46. The molecule has 1 saturated heterocycles. The fourth-order valence-corrected chi connectivity index (χ4v) is 2.03. The molecule has 0 aliphatic carbocycles. The van der Waals surface area contributed by atoms with Crippen LogP contribution in [0.1, 0.15) is 39.0 Å². The van der Waals surface area contributed by atoms with Gasteiger partial charge in [0.1, 0.15) is 0 Å². The summed E-state index contributed by atoms with van der Waals surface area (Å²) in [6.07, 6.45) is 5.67. The van der Waals surface area contributed by atoms with Gasteiger partial charge in [-0.2, -0.15) is 0 Å². The second-order valence-electron chi connectivity index (χ2n) is 3.90. The van der Waals surface area contributed by atoms with Gasteiger partial charge in [0.2, 0.25) is 0 Å². The first-order valence-electron chi connectivity index (χ1n) is 5.14. The summed E-state index contributed by atoms with van der Waals surface area (Å²) in [4.78, 5) is 2.29. The molecule has 72 valence electrons. The van der Waals surface area contributed by atoms with Gasteiger partial charge in [0.05, 0.1) is 6.10 Å². The molecule has 1 fully saturated rings. The number of rotatable bonds is 4. The molecule has 1 aliphatic rings. The number of aliphatic hydroxyl groups excluding tert-OH is 1. The predicted molar refractivity (Wildman–Crippen MR) is 51.2 cm³/mol. The summed E-state index contributed by atoms with van der Waals surface area (Å²) < 4.78 is 0. The minimum absolute atomic E-state index is 0.0857. The lowest BCUT2D eigenvalue weighted by molar-refractivity contribution is 0.0767. The molecule has 1 aliphatic heterocycles. The lowest BCUT2D eigenvalue weighted by atomic mass is 10.0. The van der Waals surface area contributed by atoms with Crippen molar-refractivity contribution < 1.29 is 5.11 Å². The van der Waals surface area contributed by atoms with E-state index < -0.39 is 0 Å². The summed E-state index contributed by atoms with van der Waals surface area (Å²) in [6, 6.07) is 0.441. The minimum atomic E-state index is -0.0857. The zero-order chi connectivity index (χ0) is 8.97. The van der Waals surface area contributed by atoms with Crippen molar-refractivity contribution in [3.63, 3.8) is 0 Å². The lowest BCUT2D eigenvalue weighted by Gasteiger charge is -2.24. The Bertz CT molecular complexity index is 127. The molecule has 1 heterocycles. The fourth-order valence-electron chi connectivity index (χ4n) is 2.03. The van der Waals surface area contributed by atoms with Crippen LogP contribution < -0.4 is 0 Å². The van der Waals surface area contributed by atoms with Crippen molar-refractivity contribution >= 4 is 0 Å². The number of unbranched alkanes of at least 4 members (excludes halogenated alkanes) is 1. The van der Waals surface area contributed by atoms with Gasteiger partial charge in [-0.1, -0.05) is 19.8 Å². The molecule has 0 aromatic heterocycles. The molecule has 2 atom stereocenters. The highest BCUT2D eigenvalue weighted by Crippen LogP contribution is 2.20. The lowest BCUT2D eigenvalue weighted by Crippen LogP contribution is -2.36. The zero-order valence-corrected chi connectivity index (χ0v) is 8.29. The molecule has 0 aromatic rings. The van der Waals surface area contributed by atoms with E-state index in [9.17, 15) is 5.11 Å². The normalized spacial score (nSPS) is 27.8. The molecule has 0 spiro atoms. The quantitative estimate of drug-likeness (QED) is 0.695. The highest BCUT2D eigenvalue weighted by atomic mass is 16.3. The van der Waals surface area contributed by atoms with Gasteiger partial charge in [-0.15, -0.1) is 0 Å². The molecule has 0 unspecified atom stereocenters. The van der Waals surface area contributed by atoms with Crippen molar-refractivity contribution in [3.05, 3.63) is 0 Å². The van der Waals surface area contributed by atoms with Crippen LogP contribution in [0.3, 0.4) is 0 Å². The summed E-state index contributed by atoms with van der Waals surface area (Å²) in [7, 11) is 2.12. The monoisotopic (exact) mass is 171 g/mol. The zero-order valence-electron chi connectivity index (χ0n) is 8.29. The van der Waals surface area contributed by atoms with E-state index in [1.54, 1.807) is 0 Å². The molecule has 2 heteroatoms. The van der Waals surface area contributed by atoms with E-state index in [1.165, 1.54) is 19.3 Å². The van der Waals surface area contributed by atoms with E-state index in [-0.39, 0.29) is 6.10 Å². The Morgan fingerprint density at radius 1 is 1.58 bits per heavy atom. The van der Waals surface area contributed by atoms with E-state index in [4.69, 9.17) is 0 Å². The average Bonchev–Trinajstić information content (AvgIpc) is 2.47. The Balaban J connectivity index is 2.25. The van der Waals surface area contributed by atoms with Crippen molar-refractivity contribution in [2.45, 2.75) is 51.2 Å². The van der Waals surface area contributed by atoms with Gasteiger partial charge in [-0.25, -0.2) is 0 Å². The van der Waals surface area contributed by atoms with Crippen molar-refractivity contribution in [1.82, 2.24) is 4.90 Å². The number of hydrogen-bond acceptors (Lipinski definition) is 2. The van der Waals surface area contributed by atoms with E-state index in [1.807, 2.05) is 0 Å². The Hall–Kier alpha value is -0.0800. The standard InChI is InChI=1S/C10H21NO/c1-3-4-7-10(12)9-6-5-8-11(9)2/h9-10,12H,3-8H2,1-2H3/t9-,10+/m0/s1. The van der Waals surface area contributed by atoms with Gasteiger partial charge in [-0.3, -0.25) is 0 Å². The molecule has 1 N–H and O–H groups in total. The molecule has 0 bridgehead atoms. The highest BCUT2D eigenvalue weighted by Gasteiger charge is 2.26. The second-order valence-corrected chi connectivity index (χ2v) is 3.90. The minimum Gasteiger partial charge on any atom is -0.391 e. The van der Waals surface area contributed by atoms with Crippen molar-refractivity contribution in [2.24, 2.45) is 0 Å². The smallest absolute Gasteiger partial charge is 0.0695 e. The first-order chi connectivity index (χ1) is 5.75. The summed E-state index contributed by atoms with van der Waals surface area (Å²) in [5.74, 6) is 0. The molecule has 2 nitrogen and oxygen atoms in total. The van der Waals surface area contributed by atoms with E-state index >= 15 is 0 Å². The first kappa shape index (κ1) is 10.0. The molecular weight excluding hydrogens is 150 g/mol. The van der Waals surface area contributed by atoms with Crippen LogP contribution in [0.25, 0.3) is 0 Å². The third-order valence-electron chi connectivity index (χ3n) is 2.87. The van der Waals surface area contributed by atoms with E-state index in [2.05, 4.69) is 18.9 Å². The van der Waals surface area contributed by atoms with Crippen LogP contribution in [-0.2, 0) is 0 Å². The largest absolute Gasteiger partial charge is 0.391 e. The van der Waals surface area contributed by atoms with Gasteiger partial charge >= 0.3 is 0 Å². The number of likely N-dealkylation sites (N-methyl/N-ethyl adjacent to an activating group) is 1. The van der Waals surface area contributed by atoms with Gasteiger partial charge in [0, 0.05) is 6.04 Å². The number of likely N-dealkylation sites (tertiary alicyclic amines) is 1. The van der Waals surface area contributed by atoms with Gasteiger partial charge < -0.3 is 10.0 Å². The van der Waals surface area contributed by atoms with Gasteiger partial charge in [0.15, 0.2) is 0 Å². The first-order valence-corrected chi connectivity index (χ1v) is 5.14. The molecule has 0 amide bonds. The second kappa shape index (κ2) is 4.83. The molecule has 12 heavy (non-hydrogen) atoms. The van der Waals surface area contributed by atoms with E-state index in [0.29, 0.717) is 6.04 Å². The van der Waals surface area contributed by atoms with Gasteiger partial charge in [0.25, 0.3) is 0 Å². The Morgan fingerprint density at radius 2 is 2.33 bits per heavy atom. The van der Waals surface area contributed by atoms with E-state index in [0.717, 1.165) is 19.4 Å². The van der Waals surface area contributed by atoms with Crippen LogP contribution >= 0.6 is 0 Å². The fraction of sp³-hybridized carbons (Fsp3) is 1.00. The summed E-state index contributed by atoms with van der Waals surface area (Å²) in [5.41, 5.74) is 0. The molecule has 0 radical (unpaired) electrons. The molecule has 1 rings (SSSR count). The summed E-state index contributed by atoms with van der Waals surface area (Å²) in [6.45, 7) is 3.33.